The van der Waals surface area contributed by atoms with Crippen LogP contribution in [0.1, 0.15) is 220 Å². The highest BCUT2D eigenvalue weighted by atomic mass is 16.6. The second kappa shape index (κ2) is 48.3. The average Bonchev–Trinajstić information content (AvgIpc) is 3.24. The Balaban J connectivity index is 4.48. The monoisotopic (exact) mass is 835 g/mol. The van der Waals surface area contributed by atoms with Crippen LogP contribution in [0.25, 0.3) is 0 Å². The Morgan fingerprint density at radius 1 is 0.350 bits per heavy atom. The molecule has 0 amide bonds. The van der Waals surface area contributed by atoms with Crippen LogP contribution in [0, 0.1) is 0 Å². The van der Waals surface area contributed by atoms with Crippen LogP contribution < -0.4 is 0 Å². The second-order valence-corrected chi connectivity index (χ2v) is 16.0. The summed E-state index contributed by atoms with van der Waals surface area (Å²) in [5, 5.41) is 0. The lowest BCUT2D eigenvalue weighted by Crippen LogP contribution is -2.30. The average molecular weight is 835 g/mol. The van der Waals surface area contributed by atoms with Crippen LogP contribution in [0.5, 0.6) is 0 Å². The van der Waals surface area contributed by atoms with Crippen molar-refractivity contribution in [1.29, 1.82) is 0 Å². The van der Waals surface area contributed by atoms with Crippen molar-refractivity contribution in [1.82, 2.24) is 0 Å². The van der Waals surface area contributed by atoms with Gasteiger partial charge in [0, 0.05) is 19.3 Å². The van der Waals surface area contributed by atoms with E-state index in [4.69, 9.17) is 14.2 Å². The molecule has 0 spiro atoms. The Kier molecular flexibility index (Phi) is 45.5. The summed E-state index contributed by atoms with van der Waals surface area (Å²) in [5.74, 6) is -1.03. The van der Waals surface area contributed by atoms with Gasteiger partial charge in [0.1, 0.15) is 13.2 Å². The van der Waals surface area contributed by atoms with Gasteiger partial charge in [0.15, 0.2) is 6.10 Å². The predicted octanol–water partition coefficient (Wildman–Crippen LogP) is 16.0. The highest BCUT2D eigenvalue weighted by molar-refractivity contribution is 5.71. The van der Waals surface area contributed by atoms with Crippen LogP contribution in [0.2, 0.25) is 0 Å². The zero-order valence-electron chi connectivity index (χ0n) is 38.9. The molecule has 0 fully saturated rings. The molecule has 60 heavy (non-hydrogen) atoms. The fourth-order valence-corrected chi connectivity index (χ4v) is 6.53. The third kappa shape index (κ3) is 45.7. The van der Waals surface area contributed by atoms with E-state index in [0.717, 1.165) is 89.9 Å². The summed E-state index contributed by atoms with van der Waals surface area (Å²) in [6.45, 7) is 6.31. The van der Waals surface area contributed by atoms with E-state index in [-0.39, 0.29) is 31.6 Å². The molecule has 0 aromatic carbocycles. The largest absolute Gasteiger partial charge is 0.462 e. The highest BCUT2D eigenvalue weighted by Gasteiger charge is 2.19. The SMILES string of the molecule is CC/C=C\C/C=C\C/C=C\C/C=C\CCC(=O)OC(COC(=O)CCCCC/C=C\C/C=C\C/C=C\CC)COC(=O)CCCCCCCCCCCCCCCCCC. The van der Waals surface area contributed by atoms with E-state index >= 15 is 0 Å². The molecule has 0 rings (SSSR count). The van der Waals surface area contributed by atoms with Gasteiger partial charge in [0.25, 0.3) is 0 Å². The number of hydrogen-bond acceptors (Lipinski definition) is 6. The summed E-state index contributed by atoms with van der Waals surface area (Å²) < 4.78 is 16.7. The Hall–Kier alpha value is -3.41. The summed E-state index contributed by atoms with van der Waals surface area (Å²) in [4.78, 5) is 37.8. The van der Waals surface area contributed by atoms with Crippen LogP contribution in [0.15, 0.2) is 85.1 Å². The van der Waals surface area contributed by atoms with E-state index < -0.39 is 12.1 Å². The second-order valence-electron chi connectivity index (χ2n) is 16.0. The maximum absolute atomic E-state index is 12.7. The summed E-state index contributed by atoms with van der Waals surface area (Å²) in [6.07, 6.45) is 61.6. The van der Waals surface area contributed by atoms with E-state index in [9.17, 15) is 14.4 Å². The first-order valence-electron chi connectivity index (χ1n) is 24.6. The van der Waals surface area contributed by atoms with Crippen molar-refractivity contribution in [3.05, 3.63) is 85.1 Å². The predicted molar refractivity (Wildman–Crippen MR) is 256 cm³/mol. The quantitative estimate of drug-likeness (QED) is 0.0263. The van der Waals surface area contributed by atoms with E-state index in [1.54, 1.807) is 0 Å². The molecular formula is C54H90O6. The maximum atomic E-state index is 12.7. The van der Waals surface area contributed by atoms with Gasteiger partial charge in [-0.1, -0.05) is 209 Å². The smallest absolute Gasteiger partial charge is 0.306 e. The lowest BCUT2D eigenvalue weighted by atomic mass is 10.0. The number of ether oxygens (including phenoxy) is 3. The maximum Gasteiger partial charge on any atom is 0.306 e. The molecule has 0 N–H and O–H groups in total. The first-order valence-corrected chi connectivity index (χ1v) is 24.6. The fourth-order valence-electron chi connectivity index (χ4n) is 6.53. The highest BCUT2D eigenvalue weighted by Crippen LogP contribution is 2.15. The minimum absolute atomic E-state index is 0.113. The van der Waals surface area contributed by atoms with Gasteiger partial charge in [-0.25, -0.2) is 0 Å². The van der Waals surface area contributed by atoms with Crippen molar-refractivity contribution < 1.29 is 28.6 Å². The first kappa shape index (κ1) is 56.6. The molecule has 6 heteroatoms. The number of carbonyl (C=O) groups excluding carboxylic acids is 3. The fraction of sp³-hybridized carbons (Fsp3) is 0.685. The number of rotatable bonds is 43. The van der Waals surface area contributed by atoms with E-state index in [1.165, 1.54) is 83.5 Å². The van der Waals surface area contributed by atoms with Crippen molar-refractivity contribution in [2.24, 2.45) is 0 Å². The Bertz CT molecular complexity index is 1190. The van der Waals surface area contributed by atoms with Crippen molar-refractivity contribution in [2.75, 3.05) is 13.2 Å². The first-order chi connectivity index (χ1) is 29.5. The molecule has 1 unspecified atom stereocenters. The van der Waals surface area contributed by atoms with Gasteiger partial charge < -0.3 is 14.2 Å². The van der Waals surface area contributed by atoms with Crippen LogP contribution >= 0.6 is 0 Å². The van der Waals surface area contributed by atoms with Gasteiger partial charge in [-0.15, -0.1) is 0 Å². The zero-order valence-corrected chi connectivity index (χ0v) is 38.9. The number of unbranched alkanes of at least 4 members (excludes halogenated alkanes) is 18. The molecular weight excluding hydrogens is 745 g/mol. The molecule has 0 aromatic rings. The number of esters is 3. The van der Waals surface area contributed by atoms with Crippen molar-refractivity contribution in [3.63, 3.8) is 0 Å². The standard InChI is InChI=1S/C54H90O6/c1-4-7-10-13-16-19-22-25-26-27-30-32-35-38-41-44-47-53(56)59-50-51(60-54(57)48-45-42-39-36-33-29-24-21-18-15-12-9-6-3)49-58-52(55)46-43-40-37-34-31-28-23-20-17-14-11-8-5-2/h8-9,11-12,17-18,20-21,28-29,31,33,39,42,51H,4-7,10,13-16,19,22-27,30,32,34-38,40-41,43-50H2,1-3H3/b11-8-,12-9-,20-17-,21-18-,31-28-,33-29-,42-39-. The molecule has 0 heterocycles. The summed E-state index contributed by atoms with van der Waals surface area (Å²) >= 11 is 0. The Labute approximate surface area is 369 Å². The molecule has 0 aromatic heterocycles. The van der Waals surface area contributed by atoms with E-state index in [0.29, 0.717) is 19.3 Å². The third-order valence-corrected chi connectivity index (χ3v) is 10.2. The molecule has 0 radical (unpaired) electrons. The normalized spacial score (nSPS) is 12.8. The molecule has 6 nitrogen and oxygen atoms in total. The van der Waals surface area contributed by atoms with Crippen LogP contribution in [-0.2, 0) is 28.6 Å². The minimum atomic E-state index is -0.824. The van der Waals surface area contributed by atoms with E-state index in [2.05, 4.69) is 93.7 Å². The molecule has 0 saturated heterocycles. The Morgan fingerprint density at radius 3 is 1.08 bits per heavy atom. The third-order valence-electron chi connectivity index (χ3n) is 10.2. The minimum Gasteiger partial charge on any atom is -0.462 e. The molecule has 0 aliphatic carbocycles. The van der Waals surface area contributed by atoms with Crippen molar-refractivity contribution in [3.8, 4) is 0 Å². The van der Waals surface area contributed by atoms with Gasteiger partial charge in [-0.05, 0) is 77.0 Å². The lowest BCUT2D eigenvalue weighted by molar-refractivity contribution is -0.166. The van der Waals surface area contributed by atoms with Gasteiger partial charge in [0.05, 0.1) is 0 Å². The molecule has 0 aliphatic rings. The number of carbonyl (C=O) groups is 3. The molecule has 1 atom stereocenters. The van der Waals surface area contributed by atoms with Crippen molar-refractivity contribution >= 4 is 17.9 Å². The number of allylic oxidation sites excluding steroid dienone is 14. The van der Waals surface area contributed by atoms with Gasteiger partial charge in [-0.3, -0.25) is 14.4 Å². The lowest BCUT2D eigenvalue weighted by Gasteiger charge is -2.18. The molecule has 0 aliphatic heterocycles. The topological polar surface area (TPSA) is 78.9 Å². The van der Waals surface area contributed by atoms with Gasteiger partial charge in [0.2, 0.25) is 0 Å². The van der Waals surface area contributed by atoms with Crippen LogP contribution in [0.3, 0.4) is 0 Å². The summed E-state index contributed by atoms with van der Waals surface area (Å²) in [7, 11) is 0. The van der Waals surface area contributed by atoms with E-state index in [1.807, 2.05) is 12.2 Å². The Morgan fingerprint density at radius 2 is 0.683 bits per heavy atom. The molecule has 342 valence electrons. The van der Waals surface area contributed by atoms with Crippen LogP contribution in [0.4, 0.5) is 0 Å². The van der Waals surface area contributed by atoms with Gasteiger partial charge in [-0.2, -0.15) is 0 Å². The number of hydrogen-bond donors (Lipinski definition) is 0. The molecule has 0 saturated carbocycles. The van der Waals surface area contributed by atoms with Crippen molar-refractivity contribution in [2.45, 2.75) is 226 Å². The van der Waals surface area contributed by atoms with Gasteiger partial charge >= 0.3 is 17.9 Å². The van der Waals surface area contributed by atoms with Crippen LogP contribution in [-0.4, -0.2) is 37.2 Å². The zero-order chi connectivity index (χ0) is 43.7. The summed E-state index contributed by atoms with van der Waals surface area (Å²) in [6, 6.07) is 0. The molecule has 0 bridgehead atoms. The summed E-state index contributed by atoms with van der Waals surface area (Å²) in [5.41, 5.74) is 0.